The van der Waals surface area contributed by atoms with Crippen molar-refractivity contribution in [2.45, 2.75) is 64.1 Å². The van der Waals surface area contributed by atoms with Gasteiger partial charge in [-0.15, -0.1) is 13.2 Å². The highest BCUT2D eigenvalue weighted by atomic mass is 19.4. The van der Waals surface area contributed by atoms with E-state index in [1.54, 1.807) is 30.0 Å². The second-order valence-corrected chi connectivity index (χ2v) is 10.2. The van der Waals surface area contributed by atoms with Gasteiger partial charge in [-0.05, 0) is 75.4 Å². The van der Waals surface area contributed by atoms with E-state index in [9.17, 15) is 22.8 Å². The SMILES string of the molecule is C[C@@H]1CN(C(=O)c2ccc(-n3ncnc3[C@H](C)NC(=O)c3cc(OC(F)(F)F)cc(C4CC4)c3)nc2)C[C@@H](C)O1. The second-order valence-electron chi connectivity index (χ2n) is 10.2. The molecule has 0 unspecified atom stereocenters. The summed E-state index contributed by atoms with van der Waals surface area (Å²) >= 11 is 0. The number of hydrogen-bond acceptors (Lipinski definition) is 7. The largest absolute Gasteiger partial charge is 0.573 e. The van der Waals surface area contributed by atoms with Crippen LogP contribution in [-0.4, -0.2) is 68.1 Å². The molecule has 1 saturated heterocycles. The zero-order valence-electron chi connectivity index (χ0n) is 22.2. The fourth-order valence-corrected chi connectivity index (χ4v) is 4.83. The van der Waals surface area contributed by atoms with Crippen LogP contribution < -0.4 is 10.1 Å². The van der Waals surface area contributed by atoms with Crippen LogP contribution in [0.4, 0.5) is 13.2 Å². The summed E-state index contributed by atoms with van der Waals surface area (Å²) in [6.07, 6.45) is -0.535. The Bertz CT molecular complexity index is 1380. The van der Waals surface area contributed by atoms with Crippen molar-refractivity contribution in [2.75, 3.05) is 13.1 Å². The van der Waals surface area contributed by atoms with Crippen LogP contribution in [-0.2, 0) is 4.74 Å². The fourth-order valence-electron chi connectivity index (χ4n) is 4.83. The lowest BCUT2D eigenvalue weighted by atomic mass is 10.1. The molecule has 1 aliphatic carbocycles. The summed E-state index contributed by atoms with van der Waals surface area (Å²) in [5.74, 6) is -0.328. The van der Waals surface area contributed by atoms with Crippen molar-refractivity contribution in [1.82, 2.24) is 30.0 Å². The number of aromatic nitrogens is 4. The molecule has 3 aromatic rings. The summed E-state index contributed by atoms with van der Waals surface area (Å²) in [6.45, 7) is 6.49. The standard InChI is InChI=1S/C27H29F3N6O4/c1-15-12-35(13-16(2)39-15)26(38)19-6-7-23(31-11-19)36-24(32-14-33-36)17(3)34-25(37)21-8-20(18-4-5-18)9-22(10-21)40-27(28,29)30/h6-11,14-18H,4-5,12-13H2,1-3H3,(H,34,37)/t15-,16-,17+/m1/s1. The molecule has 13 heteroatoms. The predicted octanol–water partition coefficient (Wildman–Crippen LogP) is 4.18. The molecule has 3 atom stereocenters. The van der Waals surface area contributed by atoms with E-state index in [-0.39, 0.29) is 29.6 Å². The van der Waals surface area contributed by atoms with Crippen LogP contribution in [0.1, 0.15) is 77.7 Å². The maximum atomic E-state index is 13.1. The molecule has 0 bridgehead atoms. The normalized spacial score (nSPS) is 20.2. The number of hydrogen-bond donors (Lipinski definition) is 1. The van der Waals surface area contributed by atoms with Gasteiger partial charge in [0.1, 0.15) is 12.1 Å². The average Bonchev–Trinajstić information content (AvgIpc) is 3.62. The molecule has 2 aromatic heterocycles. The number of pyridine rings is 1. The monoisotopic (exact) mass is 558 g/mol. The lowest BCUT2D eigenvalue weighted by molar-refractivity contribution is -0.274. The number of ether oxygens (including phenoxy) is 2. The van der Waals surface area contributed by atoms with Crippen LogP contribution in [0.25, 0.3) is 5.82 Å². The number of amides is 2. The van der Waals surface area contributed by atoms with Gasteiger partial charge in [-0.3, -0.25) is 9.59 Å². The minimum atomic E-state index is -4.87. The molecular formula is C27H29F3N6O4. The molecule has 40 heavy (non-hydrogen) atoms. The second kappa shape index (κ2) is 10.9. The van der Waals surface area contributed by atoms with Crippen LogP contribution >= 0.6 is 0 Å². The first-order chi connectivity index (χ1) is 19.0. The van der Waals surface area contributed by atoms with Gasteiger partial charge < -0.3 is 19.7 Å². The van der Waals surface area contributed by atoms with E-state index < -0.39 is 24.1 Å². The smallest absolute Gasteiger partial charge is 0.406 e. The molecule has 10 nitrogen and oxygen atoms in total. The number of carbonyl (C=O) groups excluding carboxylic acids is 2. The van der Waals surface area contributed by atoms with E-state index in [4.69, 9.17) is 4.74 Å². The maximum absolute atomic E-state index is 13.1. The Kier molecular flexibility index (Phi) is 7.49. The van der Waals surface area contributed by atoms with E-state index in [2.05, 4.69) is 25.1 Å². The van der Waals surface area contributed by atoms with E-state index in [1.165, 1.54) is 23.3 Å². The van der Waals surface area contributed by atoms with Crippen molar-refractivity contribution in [1.29, 1.82) is 0 Å². The van der Waals surface area contributed by atoms with Gasteiger partial charge in [0, 0.05) is 24.8 Å². The first kappa shape index (κ1) is 27.6. The van der Waals surface area contributed by atoms with Gasteiger partial charge in [0.25, 0.3) is 11.8 Å². The van der Waals surface area contributed by atoms with Gasteiger partial charge in [0.15, 0.2) is 11.6 Å². The Balaban J connectivity index is 1.30. The van der Waals surface area contributed by atoms with Crippen LogP contribution in [0.15, 0.2) is 42.9 Å². The molecule has 5 rings (SSSR count). The zero-order valence-corrected chi connectivity index (χ0v) is 22.2. The Morgan fingerprint density at radius 3 is 2.42 bits per heavy atom. The minimum Gasteiger partial charge on any atom is -0.406 e. The Hall–Kier alpha value is -4.00. The lowest BCUT2D eigenvalue weighted by Gasteiger charge is -2.35. The average molecular weight is 559 g/mol. The number of nitrogens with one attached hydrogen (secondary N) is 1. The third kappa shape index (κ3) is 6.41. The van der Waals surface area contributed by atoms with Gasteiger partial charge in [0.05, 0.1) is 23.8 Å². The first-order valence-corrected chi connectivity index (χ1v) is 13.0. The maximum Gasteiger partial charge on any atom is 0.573 e. The topological polar surface area (TPSA) is 111 Å². The van der Waals surface area contributed by atoms with Crippen LogP contribution in [0, 0.1) is 0 Å². The van der Waals surface area contributed by atoms with Crippen LogP contribution in [0.3, 0.4) is 0 Å². The van der Waals surface area contributed by atoms with Gasteiger partial charge in [-0.25, -0.2) is 9.97 Å². The Morgan fingerprint density at radius 1 is 1.07 bits per heavy atom. The predicted molar refractivity (Wildman–Crippen MR) is 136 cm³/mol. The third-order valence-electron chi connectivity index (χ3n) is 6.70. The molecule has 1 aliphatic heterocycles. The van der Waals surface area contributed by atoms with Crippen molar-refractivity contribution in [3.8, 4) is 11.6 Å². The molecule has 0 spiro atoms. The molecule has 0 radical (unpaired) electrons. The number of alkyl halides is 3. The van der Waals surface area contributed by atoms with Crippen molar-refractivity contribution in [2.24, 2.45) is 0 Å². The van der Waals surface area contributed by atoms with Crippen molar-refractivity contribution < 1.29 is 32.2 Å². The summed E-state index contributed by atoms with van der Waals surface area (Å²) in [6, 6.07) is 6.58. The van der Waals surface area contributed by atoms with Crippen LogP contribution in [0.2, 0.25) is 0 Å². The van der Waals surface area contributed by atoms with Gasteiger partial charge >= 0.3 is 6.36 Å². The summed E-state index contributed by atoms with van der Waals surface area (Å²) in [7, 11) is 0. The fraction of sp³-hybridized carbons (Fsp3) is 0.444. The molecule has 1 aromatic carbocycles. The lowest BCUT2D eigenvalue weighted by Crippen LogP contribution is -2.48. The highest BCUT2D eigenvalue weighted by molar-refractivity contribution is 5.95. The molecule has 212 valence electrons. The van der Waals surface area contributed by atoms with Gasteiger partial charge in [0.2, 0.25) is 0 Å². The van der Waals surface area contributed by atoms with Crippen molar-refractivity contribution >= 4 is 11.8 Å². The van der Waals surface area contributed by atoms with Crippen molar-refractivity contribution in [3.63, 3.8) is 0 Å². The third-order valence-corrected chi connectivity index (χ3v) is 6.70. The minimum absolute atomic E-state index is 0.0503. The molecular weight excluding hydrogens is 529 g/mol. The summed E-state index contributed by atoms with van der Waals surface area (Å²) in [4.78, 5) is 36.4. The highest BCUT2D eigenvalue weighted by Crippen LogP contribution is 2.42. The molecule has 2 amide bonds. The van der Waals surface area contributed by atoms with E-state index in [0.29, 0.717) is 35.9 Å². The molecule has 3 heterocycles. The van der Waals surface area contributed by atoms with E-state index >= 15 is 0 Å². The number of morpholine rings is 1. The number of nitrogens with zero attached hydrogens (tertiary/aromatic N) is 5. The molecule has 1 N–H and O–H groups in total. The van der Waals surface area contributed by atoms with Crippen LogP contribution in [0.5, 0.6) is 5.75 Å². The van der Waals surface area contributed by atoms with Gasteiger partial charge in [-0.1, -0.05) is 0 Å². The number of rotatable bonds is 7. The van der Waals surface area contributed by atoms with Gasteiger partial charge in [-0.2, -0.15) is 9.78 Å². The first-order valence-electron chi connectivity index (χ1n) is 13.0. The van der Waals surface area contributed by atoms with E-state index in [1.807, 2.05) is 13.8 Å². The quantitative estimate of drug-likeness (QED) is 0.463. The number of halogens is 3. The highest BCUT2D eigenvalue weighted by Gasteiger charge is 2.33. The summed E-state index contributed by atoms with van der Waals surface area (Å²) in [5.41, 5.74) is 1.09. The zero-order chi connectivity index (χ0) is 28.6. The Labute approximate surface area is 228 Å². The van der Waals surface area contributed by atoms with E-state index in [0.717, 1.165) is 18.9 Å². The molecule has 2 fully saturated rings. The Morgan fingerprint density at radius 2 is 1.80 bits per heavy atom. The molecule has 1 saturated carbocycles. The number of benzene rings is 1. The molecule has 2 aliphatic rings. The summed E-state index contributed by atoms with van der Waals surface area (Å²) < 4.78 is 49.8. The summed E-state index contributed by atoms with van der Waals surface area (Å²) in [5, 5.41) is 6.97. The number of carbonyl (C=O) groups is 2. The van der Waals surface area contributed by atoms with Crippen molar-refractivity contribution in [3.05, 3.63) is 65.4 Å².